The Morgan fingerprint density at radius 2 is 1.14 bits per heavy atom. The fourth-order valence-corrected chi connectivity index (χ4v) is 7.41. The summed E-state index contributed by atoms with van der Waals surface area (Å²) in [6.07, 6.45) is 18.6. The van der Waals surface area contributed by atoms with Gasteiger partial charge in [-0.1, -0.05) is 23.3 Å². The van der Waals surface area contributed by atoms with Crippen LogP contribution < -0.4 is 0 Å². The van der Waals surface area contributed by atoms with Crippen LogP contribution in [0.4, 0.5) is 0 Å². The third-order valence-electron chi connectivity index (χ3n) is 8.74. The van der Waals surface area contributed by atoms with Crippen LogP contribution in [-0.2, 0) is 14.3 Å². The van der Waals surface area contributed by atoms with E-state index >= 15 is 0 Å². The zero-order valence-corrected chi connectivity index (χ0v) is 16.6. The molecule has 7 aliphatic rings. The molecule has 1 aliphatic heterocycles. The lowest BCUT2D eigenvalue weighted by Gasteiger charge is -2.18. The SMILES string of the molecule is C1=CC2CCC1C2.O=C1OC(=O)C(=C2CC3CCC2C3)C1=C1CC2CCC1C2. The number of rotatable bonds is 0. The zero-order chi connectivity index (χ0) is 18.8. The Bertz CT molecular complexity index is 763. The monoisotopic (exact) mass is 378 g/mol. The van der Waals surface area contributed by atoms with Crippen LogP contribution in [-0.4, -0.2) is 11.9 Å². The molecule has 1 heterocycles. The predicted molar refractivity (Wildman–Crippen MR) is 106 cm³/mol. The van der Waals surface area contributed by atoms with Gasteiger partial charge in [0.05, 0.1) is 11.1 Å². The van der Waals surface area contributed by atoms with Gasteiger partial charge in [-0.3, -0.25) is 0 Å². The summed E-state index contributed by atoms with van der Waals surface area (Å²) in [4.78, 5) is 24.6. The van der Waals surface area contributed by atoms with Gasteiger partial charge in [0.1, 0.15) is 0 Å². The van der Waals surface area contributed by atoms with Crippen molar-refractivity contribution in [3.8, 4) is 0 Å². The summed E-state index contributed by atoms with van der Waals surface area (Å²) in [7, 11) is 0. The Balaban J connectivity index is 0.000000186. The second kappa shape index (κ2) is 6.43. The molecule has 5 saturated carbocycles. The number of esters is 2. The molecule has 0 amide bonds. The van der Waals surface area contributed by atoms with Crippen molar-refractivity contribution < 1.29 is 14.3 Å². The van der Waals surface area contributed by atoms with Crippen molar-refractivity contribution in [2.75, 3.05) is 0 Å². The van der Waals surface area contributed by atoms with Gasteiger partial charge in [-0.15, -0.1) is 0 Å². The molecule has 7 rings (SSSR count). The van der Waals surface area contributed by atoms with Gasteiger partial charge in [0.15, 0.2) is 0 Å². The number of ether oxygens (including phenoxy) is 1. The zero-order valence-electron chi connectivity index (χ0n) is 16.6. The van der Waals surface area contributed by atoms with Crippen molar-refractivity contribution in [2.24, 2.45) is 35.5 Å². The largest absolute Gasteiger partial charge is 0.386 e. The number of carbonyl (C=O) groups is 2. The molecule has 6 atom stereocenters. The third-order valence-corrected chi connectivity index (χ3v) is 8.74. The molecule has 6 aliphatic carbocycles. The summed E-state index contributed by atoms with van der Waals surface area (Å²) < 4.78 is 5.03. The highest BCUT2D eigenvalue weighted by Crippen LogP contribution is 2.54. The molecule has 28 heavy (non-hydrogen) atoms. The maximum Gasteiger partial charge on any atom is 0.346 e. The van der Waals surface area contributed by atoms with E-state index in [-0.39, 0.29) is 11.9 Å². The van der Waals surface area contributed by atoms with Crippen LogP contribution in [0.15, 0.2) is 34.4 Å². The molecule has 0 N–H and O–H groups in total. The minimum Gasteiger partial charge on any atom is -0.386 e. The molecule has 0 aromatic heterocycles. The highest BCUT2D eigenvalue weighted by atomic mass is 16.6. The number of hydrogen-bond donors (Lipinski definition) is 0. The van der Waals surface area contributed by atoms with Crippen LogP contribution in [0.5, 0.6) is 0 Å². The Morgan fingerprint density at radius 3 is 1.43 bits per heavy atom. The molecule has 3 nitrogen and oxygen atoms in total. The lowest BCUT2D eigenvalue weighted by Crippen LogP contribution is -2.10. The molecule has 1 saturated heterocycles. The molecule has 0 aromatic carbocycles. The molecule has 6 fully saturated rings. The molecule has 148 valence electrons. The lowest BCUT2D eigenvalue weighted by atomic mass is 9.83. The normalized spacial score (nSPS) is 47.3. The molecule has 0 spiro atoms. The smallest absolute Gasteiger partial charge is 0.346 e. The van der Waals surface area contributed by atoms with E-state index < -0.39 is 0 Å². The van der Waals surface area contributed by atoms with Crippen LogP contribution >= 0.6 is 0 Å². The van der Waals surface area contributed by atoms with Gasteiger partial charge in [0.2, 0.25) is 0 Å². The molecule has 6 bridgehead atoms. The van der Waals surface area contributed by atoms with E-state index in [1.165, 1.54) is 68.9 Å². The highest BCUT2D eigenvalue weighted by Gasteiger charge is 2.47. The van der Waals surface area contributed by atoms with E-state index in [0.29, 0.717) is 23.0 Å². The number of allylic oxidation sites excluding steroid dienone is 4. The van der Waals surface area contributed by atoms with Gasteiger partial charge in [-0.05, 0) is 106 Å². The van der Waals surface area contributed by atoms with Gasteiger partial charge in [-0.2, -0.15) is 0 Å². The Morgan fingerprint density at radius 1 is 0.643 bits per heavy atom. The van der Waals surface area contributed by atoms with Crippen molar-refractivity contribution in [3.63, 3.8) is 0 Å². The Kier molecular flexibility index (Phi) is 3.96. The molecule has 3 heteroatoms. The first-order valence-electron chi connectivity index (χ1n) is 11.6. The summed E-state index contributed by atoms with van der Waals surface area (Å²) in [5, 5.41) is 0. The van der Waals surface area contributed by atoms with Crippen molar-refractivity contribution in [3.05, 3.63) is 34.4 Å². The Hall–Kier alpha value is -1.64. The van der Waals surface area contributed by atoms with Crippen molar-refractivity contribution in [1.82, 2.24) is 0 Å². The summed E-state index contributed by atoms with van der Waals surface area (Å²) in [5.41, 5.74) is 3.92. The average Bonchev–Trinajstić information content (AvgIpc) is 3.53. The van der Waals surface area contributed by atoms with Gasteiger partial charge < -0.3 is 4.74 Å². The fraction of sp³-hybridized carbons (Fsp3) is 0.680. The highest BCUT2D eigenvalue weighted by molar-refractivity contribution is 6.19. The van der Waals surface area contributed by atoms with Crippen molar-refractivity contribution >= 4 is 11.9 Å². The summed E-state index contributed by atoms with van der Waals surface area (Å²) >= 11 is 0. The first kappa shape index (κ1) is 17.2. The molecule has 0 aromatic rings. The average molecular weight is 379 g/mol. The topological polar surface area (TPSA) is 43.4 Å². The van der Waals surface area contributed by atoms with Crippen LogP contribution in [0.3, 0.4) is 0 Å². The first-order valence-corrected chi connectivity index (χ1v) is 11.6. The molecular weight excluding hydrogens is 348 g/mol. The van der Waals surface area contributed by atoms with Gasteiger partial charge in [0, 0.05) is 0 Å². The summed E-state index contributed by atoms with van der Waals surface area (Å²) in [6.45, 7) is 0. The number of fused-ring (bicyclic) bond motifs is 6. The maximum absolute atomic E-state index is 12.3. The van der Waals surface area contributed by atoms with Crippen LogP contribution in [0.25, 0.3) is 0 Å². The maximum atomic E-state index is 12.3. The first-order chi connectivity index (χ1) is 13.7. The minimum atomic E-state index is -0.354. The molecule has 0 radical (unpaired) electrons. The number of hydrogen-bond acceptors (Lipinski definition) is 3. The minimum absolute atomic E-state index is 0.354. The summed E-state index contributed by atoms with van der Waals surface area (Å²) in [6, 6.07) is 0. The molecule has 6 unspecified atom stereocenters. The van der Waals surface area contributed by atoms with E-state index in [1.807, 2.05) is 0 Å². The van der Waals surface area contributed by atoms with Gasteiger partial charge in [0.25, 0.3) is 0 Å². The van der Waals surface area contributed by atoms with Crippen LogP contribution in [0, 0.1) is 35.5 Å². The molecular formula is C25H30O3. The quantitative estimate of drug-likeness (QED) is 0.249. The van der Waals surface area contributed by atoms with Crippen molar-refractivity contribution in [1.29, 1.82) is 0 Å². The second-order valence-corrected chi connectivity index (χ2v) is 10.4. The summed E-state index contributed by atoms with van der Waals surface area (Å²) in [5.74, 6) is 3.84. The lowest BCUT2D eigenvalue weighted by molar-refractivity contribution is -0.149. The fourth-order valence-electron chi connectivity index (χ4n) is 7.41. The van der Waals surface area contributed by atoms with E-state index in [9.17, 15) is 9.59 Å². The van der Waals surface area contributed by atoms with E-state index in [0.717, 1.165) is 36.5 Å². The third kappa shape index (κ3) is 2.69. The van der Waals surface area contributed by atoms with Gasteiger partial charge in [-0.25, -0.2) is 9.59 Å². The van der Waals surface area contributed by atoms with Gasteiger partial charge >= 0.3 is 11.9 Å². The Labute approximate surface area is 167 Å². The van der Waals surface area contributed by atoms with E-state index in [2.05, 4.69) is 12.2 Å². The van der Waals surface area contributed by atoms with Crippen LogP contribution in [0.1, 0.15) is 70.6 Å². The van der Waals surface area contributed by atoms with Crippen molar-refractivity contribution in [2.45, 2.75) is 70.6 Å². The standard InChI is InChI=1S/C18H20O3.C7H10/c19-17-15(13-7-9-1-3-11(13)5-9)16(18(20)21-17)14-8-10-2-4-12(14)6-10;1-2-7-4-3-6(1)5-7/h9-12H,1-8H2;1-2,6-7H,3-5H2. The van der Waals surface area contributed by atoms with E-state index in [4.69, 9.17) is 4.74 Å². The second-order valence-electron chi connectivity index (χ2n) is 10.4. The number of carbonyl (C=O) groups excluding carboxylic acids is 2. The van der Waals surface area contributed by atoms with Crippen LogP contribution in [0.2, 0.25) is 0 Å². The van der Waals surface area contributed by atoms with E-state index in [1.54, 1.807) is 0 Å². The number of cyclic esters (lactones) is 2. The predicted octanol–water partition coefficient (Wildman–Crippen LogP) is 5.28.